The number of nitrogens with one attached hydrogen (secondary N) is 1. The van der Waals surface area contributed by atoms with Crippen LogP contribution in [0.15, 0.2) is 132 Å². The van der Waals surface area contributed by atoms with Gasteiger partial charge in [-0.1, -0.05) is 115 Å². The van der Waals surface area contributed by atoms with Crippen LogP contribution >= 0.6 is 7.82 Å². The molecule has 0 radical (unpaired) electrons. The van der Waals surface area contributed by atoms with Gasteiger partial charge in [-0.25, -0.2) is 4.57 Å². The Balaban J connectivity index is 1.19. The normalized spacial score (nSPS) is 14.7. The second-order valence-electron chi connectivity index (χ2n) is 11.9. The topological polar surface area (TPSA) is 94.9 Å². The van der Waals surface area contributed by atoms with Crippen LogP contribution in [0.4, 0.5) is 0 Å². The van der Waals surface area contributed by atoms with Crippen molar-refractivity contribution in [2.45, 2.75) is 45.3 Å². The summed E-state index contributed by atoms with van der Waals surface area (Å²) in [5.74, 6) is 0.542. The third-order valence-electron chi connectivity index (χ3n) is 8.56. The maximum atomic E-state index is 14.1. The fraction of sp³-hybridized carbons (Fsp3) is 0.179. The van der Waals surface area contributed by atoms with Gasteiger partial charge in [0.2, 0.25) is 0 Å². The molecule has 0 saturated carbocycles. The van der Waals surface area contributed by atoms with Crippen molar-refractivity contribution in [3.8, 4) is 28.1 Å². The highest BCUT2D eigenvalue weighted by Crippen LogP contribution is 2.51. The van der Waals surface area contributed by atoms with Crippen LogP contribution in [-0.2, 0) is 26.8 Å². The van der Waals surface area contributed by atoms with Crippen molar-refractivity contribution in [2.24, 2.45) is 0 Å². The first-order valence-electron chi connectivity index (χ1n) is 16.1. The average molecular weight is 658 g/mol. The molecule has 1 atom stereocenters. The molecule has 9 heteroatoms. The fourth-order valence-corrected chi connectivity index (χ4v) is 7.33. The van der Waals surface area contributed by atoms with Crippen LogP contribution in [0.25, 0.3) is 28.0 Å². The molecule has 0 spiro atoms. The van der Waals surface area contributed by atoms with Gasteiger partial charge in [0.15, 0.2) is 0 Å². The van der Waals surface area contributed by atoms with Crippen LogP contribution in [0.2, 0.25) is 0 Å². The third kappa shape index (κ3) is 6.83. The Morgan fingerprint density at radius 2 is 1.40 bits per heavy atom. The molecule has 8 nitrogen and oxygen atoms in total. The molecule has 7 rings (SSSR count). The number of allylic oxidation sites excluding steroid dienone is 2. The zero-order valence-corrected chi connectivity index (χ0v) is 27.5. The molecule has 0 bridgehead atoms. The second kappa shape index (κ2) is 14.0. The molecule has 1 unspecified atom stereocenters. The van der Waals surface area contributed by atoms with Gasteiger partial charge in [-0.3, -0.25) is 13.8 Å². The van der Waals surface area contributed by atoms with E-state index in [0.717, 1.165) is 58.6 Å². The van der Waals surface area contributed by atoms with Gasteiger partial charge in [0.05, 0.1) is 24.5 Å². The van der Waals surface area contributed by atoms with Crippen molar-refractivity contribution in [2.75, 3.05) is 0 Å². The predicted octanol–water partition coefficient (Wildman–Crippen LogP) is 9.41. The number of hydrogen-bond acceptors (Lipinski definition) is 6. The van der Waals surface area contributed by atoms with Crippen LogP contribution in [0.1, 0.15) is 47.6 Å². The Labute approximate surface area is 279 Å². The highest BCUT2D eigenvalue weighted by atomic mass is 31.2. The van der Waals surface area contributed by atoms with E-state index in [2.05, 4.69) is 17.1 Å². The Bertz CT molecular complexity index is 2100. The highest BCUT2D eigenvalue weighted by molar-refractivity contribution is 7.48. The molecule has 4 aromatic carbocycles. The summed E-state index contributed by atoms with van der Waals surface area (Å²) in [6, 6.07) is 35.8. The van der Waals surface area contributed by atoms with E-state index in [1.165, 1.54) is 4.52 Å². The van der Waals surface area contributed by atoms with E-state index >= 15 is 0 Å². The lowest BCUT2D eigenvalue weighted by molar-refractivity contribution is 0.143. The summed E-state index contributed by atoms with van der Waals surface area (Å²) in [6.07, 6.45) is 7.32. The summed E-state index contributed by atoms with van der Waals surface area (Å²) >= 11 is 0. The quantitative estimate of drug-likeness (QED) is 0.110. The van der Waals surface area contributed by atoms with E-state index in [0.29, 0.717) is 11.1 Å². The summed E-state index contributed by atoms with van der Waals surface area (Å²) in [7, 11) is -4.04. The van der Waals surface area contributed by atoms with Crippen molar-refractivity contribution in [1.82, 2.24) is 14.6 Å². The molecule has 1 aliphatic carbocycles. The van der Waals surface area contributed by atoms with Gasteiger partial charge in [0.1, 0.15) is 11.4 Å². The molecular formula is C39H36N3O5P. The summed E-state index contributed by atoms with van der Waals surface area (Å²) in [5.41, 5.74) is 6.96. The summed E-state index contributed by atoms with van der Waals surface area (Å²) in [6.45, 7) is 2.00. The monoisotopic (exact) mass is 657 g/mol. The van der Waals surface area contributed by atoms with Crippen LogP contribution in [-0.4, -0.2) is 14.6 Å². The molecular weight excluding hydrogens is 621 g/mol. The summed E-state index contributed by atoms with van der Waals surface area (Å²) in [5, 5.41) is 4.90. The number of aromatic amines is 1. The first-order valence-corrected chi connectivity index (χ1v) is 17.6. The van der Waals surface area contributed by atoms with Gasteiger partial charge in [-0.2, -0.15) is 9.61 Å². The van der Waals surface area contributed by atoms with Crippen LogP contribution in [0.5, 0.6) is 5.75 Å². The molecule has 0 fully saturated rings. The third-order valence-corrected chi connectivity index (χ3v) is 9.88. The number of rotatable bonds is 11. The number of aromatic nitrogens is 3. The van der Waals surface area contributed by atoms with Gasteiger partial charge >= 0.3 is 7.82 Å². The predicted molar refractivity (Wildman–Crippen MR) is 188 cm³/mol. The molecule has 242 valence electrons. The van der Waals surface area contributed by atoms with Gasteiger partial charge in [-0.15, -0.1) is 0 Å². The van der Waals surface area contributed by atoms with E-state index in [9.17, 15) is 9.36 Å². The molecule has 2 aromatic heterocycles. The van der Waals surface area contributed by atoms with Crippen LogP contribution < -0.4 is 10.1 Å². The minimum atomic E-state index is -4.04. The number of fused-ring (bicyclic) bond motifs is 1. The lowest BCUT2D eigenvalue weighted by Crippen LogP contribution is -2.19. The van der Waals surface area contributed by atoms with Crippen molar-refractivity contribution in [3.63, 3.8) is 0 Å². The first kappa shape index (κ1) is 31.6. The number of phosphoric ester groups is 1. The zero-order valence-electron chi connectivity index (χ0n) is 26.6. The SMILES string of the molecule is Cc1[nH]c2c(C3CC=CCC3)c(-c3ccccc3)nn2c(=O)c1-c1ccc(OP(=O)(OCc2ccccc2)OCc2ccccc2)cc1. The molecule has 2 heterocycles. The molecule has 1 N–H and O–H groups in total. The summed E-state index contributed by atoms with van der Waals surface area (Å²) < 4.78 is 32.9. The minimum Gasteiger partial charge on any atom is -0.404 e. The summed E-state index contributed by atoms with van der Waals surface area (Å²) in [4.78, 5) is 17.7. The smallest absolute Gasteiger partial charge is 0.404 e. The molecule has 48 heavy (non-hydrogen) atoms. The van der Waals surface area contributed by atoms with Gasteiger partial charge in [-0.05, 0) is 60.9 Å². The van der Waals surface area contributed by atoms with Crippen molar-refractivity contribution in [3.05, 3.63) is 160 Å². The van der Waals surface area contributed by atoms with E-state index in [1.807, 2.05) is 97.9 Å². The standard InChI is InChI=1S/C39H36N3O5P/c1-28-35(39(43)42-38(40-28)36(31-18-10-4-11-19-31)37(41-42)33-20-12-5-13-21-33)32-22-24-34(25-23-32)47-48(44,45-26-29-14-6-2-7-15-29)46-27-30-16-8-3-9-17-30/h2-10,12-17,20-25,31,40H,11,18-19,26-27H2,1H3. The van der Waals surface area contributed by atoms with Crippen LogP contribution in [0.3, 0.4) is 0 Å². The van der Waals surface area contributed by atoms with E-state index < -0.39 is 7.82 Å². The zero-order chi connectivity index (χ0) is 32.9. The number of nitrogens with zero attached hydrogens (tertiary/aromatic N) is 2. The molecule has 0 amide bonds. The second-order valence-corrected chi connectivity index (χ2v) is 13.5. The van der Waals surface area contributed by atoms with E-state index in [4.69, 9.17) is 18.7 Å². The van der Waals surface area contributed by atoms with E-state index in [1.54, 1.807) is 24.3 Å². The lowest BCUT2D eigenvalue weighted by atomic mass is 9.86. The Hall–Kier alpha value is -5.01. The lowest BCUT2D eigenvalue weighted by Gasteiger charge is -2.19. The van der Waals surface area contributed by atoms with E-state index in [-0.39, 0.29) is 30.4 Å². The first-order chi connectivity index (χ1) is 23.5. The number of aryl methyl sites for hydroxylation is 1. The number of benzene rings is 4. The molecule has 0 saturated heterocycles. The number of hydrogen-bond donors (Lipinski definition) is 1. The molecule has 1 aliphatic rings. The minimum absolute atomic E-state index is 0.0492. The number of H-pyrrole nitrogens is 1. The fourth-order valence-electron chi connectivity index (χ4n) is 6.15. The van der Waals surface area contributed by atoms with Gasteiger partial charge in [0, 0.05) is 16.8 Å². The molecule has 0 aliphatic heterocycles. The largest absolute Gasteiger partial charge is 0.530 e. The van der Waals surface area contributed by atoms with Crippen molar-refractivity contribution >= 4 is 13.5 Å². The Morgan fingerprint density at radius 1 is 0.792 bits per heavy atom. The highest BCUT2D eigenvalue weighted by Gasteiger charge is 2.30. The Morgan fingerprint density at radius 3 is 1.98 bits per heavy atom. The maximum Gasteiger partial charge on any atom is 0.530 e. The van der Waals surface area contributed by atoms with Crippen molar-refractivity contribution < 1.29 is 18.1 Å². The van der Waals surface area contributed by atoms with Crippen LogP contribution in [0, 0.1) is 6.92 Å². The average Bonchev–Trinajstić information content (AvgIpc) is 3.52. The van der Waals surface area contributed by atoms with Gasteiger partial charge < -0.3 is 9.51 Å². The van der Waals surface area contributed by atoms with Crippen molar-refractivity contribution in [1.29, 1.82) is 0 Å². The molecule has 6 aromatic rings. The maximum absolute atomic E-state index is 14.1. The number of phosphoric acid groups is 1. The Kier molecular flexibility index (Phi) is 9.21. The van der Waals surface area contributed by atoms with Gasteiger partial charge in [0.25, 0.3) is 5.56 Å².